The number of hydrogen-bond donors (Lipinski definition) is 3. The van der Waals surface area contributed by atoms with Gasteiger partial charge in [0.25, 0.3) is 11.5 Å². The zero-order valence-electron chi connectivity index (χ0n) is 20.9. The van der Waals surface area contributed by atoms with Crippen molar-refractivity contribution in [1.82, 2.24) is 15.2 Å². The predicted molar refractivity (Wildman–Crippen MR) is 134 cm³/mol. The minimum atomic E-state index is -1.04. The normalized spacial score (nSPS) is 28.5. The van der Waals surface area contributed by atoms with E-state index in [0.29, 0.717) is 18.8 Å². The molecule has 3 N–H and O–H groups in total. The molecule has 1 aromatic carbocycles. The molecule has 8 nitrogen and oxygen atoms in total. The number of H-pyrrole nitrogens is 1. The quantitative estimate of drug-likeness (QED) is 0.565. The minimum absolute atomic E-state index is 0.0209. The molecule has 2 fully saturated rings. The molecule has 8 heteroatoms. The maximum Gasteiger partial charge on any atom is 0.261 e. The zero-order valence-corrected chi connectivity index (χ0v) is 20.9. The van der Waals surface area contributed by atoms with Crippen LogP contribution >= 0.6 is 0 Å². The lowest BCUT2D eigenvalue weighted by atomic mass is 9.49. The van der Waals surface area contributed by atoms with E-state index < -0.39 is 22.5 Å². The highest BCUT2D eigenvalue weighted by Gasteiger charge is 2.64. The van der Waals surface area contributed by atoms with Crippen LogP contribution in [0.15, 0.2) is 29.1 Å². The van der Waals surface area contributed by atoms with Crippen molar-refractivity contribution < 1.29 is 19.4 Å². The average Bonchev–Trinajstić information content (AvgIpc) is 3.66. The molecule has 2 bridgehead atoms. The van der Waals surface area contributed by atoms with Gasteiger partial charge >= 0.3 is 0 Å². The largest absolute Gasteiger partial charge is 0.497 e. The van der Waals surface area contributed by atoms with Crippen LogP contribution in [-0.2, 0) is 29.5 Å². The number of carbonyl (C=O) groups excluding carboxylic acids is 2. The lowest BCUT2D eigenvalue weighted by Crippen LogP contribution is -2.74. The van der Waals surface area contributed by atoms with Crippen LogP contribution in [0.5, 0.6) is 5.75 Å². The first kappa shape index (κ1) is 23.4. The van der Waals surface area contributed by atoms with Gasteiger partial charge in [-0.25, -0.2) is 0 Å². The summed E-state index contributed by atoms with van der Waals surface area (Å²) in [6.07, 6.45) is 4.91. The molecule has 1 amide bonds. The Hall–Kier alpha value is -2.97. The number of Topliss-reactive ketones (excluding diaryl/α,β-unsaturated/α-hetero) is 1. The van der Waals surface area contributed by atoms with Crippen molar-refractivity contribution in [2.75, 3.05) is 26.7 Å². The number of ether oxygens (including phenoxy) is 1. The second-order valence-corrected chi connectivity index (χ2v) is 11.2. The molecule has 1 aliphatic heterocycles. The standard InChI is InChI=1S/C28H33N3O5/c1-16(32)14-29-25(33)21-9-19-12-28(35)24-10-18-5-6-20(36-2)11-22(18)27(28,13-23(19)30-26(21)34)7-8-31(24)15-17-3-4-17/h5-6,9,11,17,24,35H,3-4,7-8,10,12-15H2,1-2H3,(H,29,33)(H,30,34)/t24-,27-,28-/m1/s1. The molecule has 1 aromatic heterocycles. The molecular weight excluding hydrogens is 458 g/mol. The smallest absolute Gasteiger partial charge is 0.261 e. The lowest BCUT2D eigenvalue weighted by Gasteiger charge is -2.63. The summed E-state index contributed by atoms with van der Waals surface area (Å²) in [5, 5.41) is 15.2. The fourth-order valence-corrected chi connectivity index (χ4v) is 6.97. The molecule has 4 aliphatic rings. The van der Waals surface area contributed by atoms with Crippen molar-refractivity contribution in [3.05, 3.63) is 62.6 Å². The summed E-state index contributed by atoms with van der Waals surface area (Å²) < 4.78 is 5.56. The Morgan fingerprint density at radius 1 is 1.22 bits per heavy atom. The first-order chi connectivity index (χ1) is 17.2. The molecule has 36 heavy (non-hydrogen) atoms. The van der Waals surface area contributed by atoms with Gasteiger partial charge in [0.2, 0.25) is 0 Å². The number of fused-ring (bicyclic) bond motifs is 2. The number of aromatic nitrogens is 1. The number of rotatable bonds is 6. The zero-order chi connectivity index (χ0) is 25.2. The fourth-order valence-electron chi connectivity index (χ4n) is 6.97. The van der Waals surface area contributed by atoms with Crippen molar-refractivity contribution in [2.24, 2.45) is 5.92 Å². The number of benzene rings is 1. The number of carbonyl (C=O) groups is 2. The first-order valence-electron chi connectivity index (χ1n) is 12.9. The van der Waals surface area contributed by atoms with E-state index in [1.807, 2.05) is 6.07 Å². The van der Waals surface area contributed by atoms with E-state index in [9.17, 15) is 19.5 Å². The number of nitrogens with one attached hydrogen (secondary N) is 2. The number of aromatic amines is 1. The number of aliphatic hydroxyl groups is 1. The predicted octanol–water partition coefficient (Wildman–Crippen LogP) is 1.51. The maximum absolute atomic E-state index is 12.9. The summed E-state index contributed by atoms with van der Waals surface area (Å²) in [6.45, 7) is 3.17. The number of ketones is 1. The molecule has 3 aliphatic carbocycles. The van der Waals surface area contributed by atoms with Gasteiger partial charge in [0, 0.05) is 36.5 Å². The van der Waals surface area contributed by atoms with E-state index in [4.69, 9.17) is 4.74 Å². The van der Waals surface area contributed by atoms with Crippen LogP contribution in [0.4, 0.5) is 0 Å². The Bertz CT molecular complexity index is 1310. The van der Waals surface area contributed by atoms with E-state index in [-0.39, 0.29) is 23.9 Å². The summed E-state index contributed by atoms with van der Waals surface area (Å²) in [5.41, 5.74) is 1.83. The minimum Gasteiger partial charge on any atom is -0.497 e. The number of nitrogens with zero attached hydrogens (tertiary/aromatic N) is 1. The van der Waals surface area contributed by atoms with E-state index in [0.717, 1.165) is 48.5 Å². The molecule has 1 saturated heterocycles. The number of piperidine rings is 1. The van der Waals surface area contributed by atoms with Crippen LogP contribution in [0.1, 0.15) is 58.9 Å². The van der Waals surface area contributed by atoms with Crippen LogP contribution in [-0.4, -0.2) is 65.1 Å². The van der Waals surface area contributed by atoms with Gasteiger partial charge in [0.1, 0.15) is 17.1 Å². The second-order valence-electron chi connectivity index (χ2n) is 11.2. The maximum atomic E-state index is 12.9. The number of pyridine rings is 1. The summed E-state index contributed by atoms with van der Waals surface area (Å²) in [4.78, 5) is 42.4. The molecule has 1 saturated carbocycles. The topological polar surface area (TPSA) is 112 Å². The third-order valence-electron chi connectivity index (χ3n) is 8.98. The van der Waals surface area contributed by atoms with E-state index in [2.05, 4.69) is 27.3 Å². The van der Waals surface area contributed by atoms with Crippen molar-refractivity contribution in [2.45, 2.75) is 62.5 Å². The van der Waals surface area contributed by atoms with Gasteiger partial charge in [-0.2, -0.15) is 0 Å². The molecular formula is C28H33N3O5. The SMILES string of the molecule is COc1ccc2c(c1)[C@]13CCN(CC4CC4)[C@H](C2)[C@]1(O)Cc1cc(C(=O)NCC(C)=O)c(=O)[nH]c1C3. The summed E-state index contributed by atoms with van der Waals surface area (Å²) >= 11 is 0. The Labute approximate surface area is 210 Å². The molecule has 3 atom stereocenters. The van der Waals surface area contributed by atoms with Gasteiger partial charge < -0.3 is 20.1 Å². The van der Waals surface area contributed by atoms with Gasteiger partial charge in [-0.1, -0.05) is 6.07 Å². The average molecular weight is 492 g/mol. The Kier molecular flexibility index (Phi) is 5.39. The van der Waals surface area contributed by atoms with Gasteiger partial charge in [0.05, 0.1) is 19.3 Å². The Balaban J connectivity index is 1.46. The molecule has 0 unspecified atom stereocenters. The fraction of sp³-hybridized carbons (Fsp3) is 0.536. The van der Waals surface area contributed by atoms with Gasteiger partial charge in [-0.05, 0) is 80.0 Å². The summed E-state index contributed by atoms with van der Waals surface area (Å²) in [6, 6.07) is 7.77. The third kappa shape index (κ3) is 3.53. The number of hydrogen-bond acceptors (Lipinski definition) is 6. The second kappa shape index (κ2) is 8.28. The number of methoxy groups -OCH3 is 1. The highest BCUT2D eigenvalue weighted by atomic mass is 16.5. The highest BCUT2D eigenvalue weighted by molar-refractivity contribution is 5.96. The van der Waals surface area contributed by atoms with E-state index >= 15 is 0 Å². The Morgan fingerprint density at radius 2 is 2.03 bits per heavy atom. The number of likely N-dealkylation sites (tertiary alicyclic amines) is 1. The Morgan fingerprint density at radius 3 is 2.75 bits per heavy atom. The molecule has 0 radical (unpaired) electrons. The first-order valence-corrected chi connectivity index (χ1v) is 12.9. The van der Waals surface area contributed by atoms with Crippen molar-refractivity contribution in [3.8, 4) is 5.75 Å². The third-order valence-corrected chi connectivity index (χ3v) is 8.98. The number of amides is 1. The highest BCUT2D eigenvalue weighted by Crippen LogP contribution is 2.57. The van der Waals surface area contributed by atoms with Crippen LogP contribution in [0.25, 0.3) is 0 Å². The lowest BCUT2D eigenvalue weighted by molar-refractivity contribution is -0.152. The summed E-state index contributed by atoms with van der Waals surface area (Å²) in [7, 11) is 1.65. The van der Waals surface area contributed by atoms with E-state index in [1.165, 1.54) is 25.3 Å². The van der Waals surface area contributed by atoms with E-state index in [1.54, 1.807) is 13.2 Å². The summed E-state index contributed by atoms with van der Waals surface area (Å²) in [5.74, 6) is 0.716. The van der Waals surface area contributed by atoms with Gasteiger partial charge in [-0.3, -0.25) is 19.3 Å². The van der Waals surface area contributed by atoms with Crippen molar-refractivity contribution in [3.63, 3.8) is 0 Å². The van der Waals surface area contributed by atoms with Crippen LogP contribution in [0.3, 0.4) is 0 Å². The molecule has 190 valence electrons. The van der Waals surface area contributed by atoms with Gasteiger partial charge in [-0.15, -0.1) is 0 Å². The molecule has 2 aromatic rings. The molecule has 6 rings (SSSR count). The monoisotopic (exact) mass is 491 g/mol. The van der Waals surface area contributed by atoms with Crippen molar-refractivity contribution >= 4 is 11.7 Å². The molecule has 2 heterocycles. The van der Waals surface area contributed by atoms with Crippen LogP contribution in [0, 0.1) is 5.92 Å². The van der Waals surface area contributed by atoms with Crippen molar-refractivity contribution in [1.29, 1.82) is 0 Å². The molecule has 0 spiro atoms. The van der Waals surface area contributed by atoms with Gasteiger partial charge in [0.15, 0.2) is 0 Å². The van der Waals surface area contributed by atoms with Crippen LogP contribution in [0.2, 0.25) is 0 Å². The van der Waals surface area contributed by atoms with Crippen LogP contribution < -0.4 is 15.6 Å².